The van der Waals surface area contributed by atoms with E-state index in [0.29, 0.717) is 23.9 Å². The summed E-state index contributed by atoms with van der Waals surface area (Å²) in [5, 5.41) is 0. The number of thiophene rings is 1. The van der Waals surface area contributed by atoms with Crippen LogP contribution in [0, 0.1) is 0 Å². The Hall–Kier alpha value is -0.470. The first-order valence-electron chi connectivity index (χ1n) is 5.87. The second-order valence-electron chi connectivity index (χ2n) is 4.49. The van der Waals surface area contributed by atoms with Crippen LogP contribution in [0.25, 0.3) is 0 Å². The lowest BCUT2D eigenvalue weighted by Gasteiger charge is -2.35. The SMILES string of the molecule is CC1CN(S(=O)(=O)c2ccc(CN)s2)C(C)CO1. The van der Waals surface area contributed by atoms with Crippen molar-refractivity contribution in [3.8, 4) is 0 Å². The molecule has 2 heterocycles. The molecule has 1 aliphatic rings. The Bertz CT molecular complexity index is 512. The molecule has 1 aliphatic heterocycles. The smallest absolute Gasteiger partial charge is 0.252 e. The molecule has 5 nitrogen and oxygen atoms in total. The van der Waals surface area contributed by atoms with E-state index in [1.165, 1.54) is 15.6 Å². The Kier molecular flexibility index (Phi) is 4.08. The van der Waals surface area contributed by atoms with E-state index >= 15 is 0 Å². The van der Waals surface area contributed by atoms with E-state index in [2.05, 4.69) is 0 Å². The van der Waals surface area contributed by atoms with E-state index in [9.17, 15) is 8.42 Å². The second-order valence-corrected chi connectivity index (χ2v) is 7.78. The number of nitrogens with two attached hydrogens (primary N) is 1. The molecule has 7 heteroatoms. The molecule has 102 valence electrons. The fraction of sp³-hybridized carbons (Fsp3) is 0.636. The molecule has 2 unspecified atom stereocenters. The van der Waals surface area contributed by atoms with E-state index in [4.69, 9.17) is 10.5 Å². The molecule has 0 saturated carbocycles. The molecule has 2 N–H and O–H groups in total. The molecule has 0 radical (unpaired) electrons. The van der Waals surface area contributed by atoms with Crippen molar-refractivity contribution in [3.05, 3.63) is 17.0 Å². The lowest BCUT2D eigenvalue weighted by molar-refractivity contribution is -0.0170. The van der Waals surface area contributed by atoms with Gasteiger partial charge in [0.05, 0.1) is 12.7 Å². The van der Waals surface area contributed by atoms with Crippen LogP contribution >= 0.6 is 11.3 Å². The Morgan fingerprint density at radius 1 is 1.50 bits per heavy atom. The maximum atomic E-state index is 12.5. The van der Waals surface area contributed by atoms with Gasteiger partial charge in [-0.25, -0.2) is 8.42 Å². The maximum Gasteiger partial charge on any atom is 0.252 e. The largest absolute Gasteiger partial charge is 0.375 e. The summed E-state index contributed by atoms with van der Waals surface area (Å²) in [5.41, 5.74) is 5.52. The summed E-state index contributed by atoms with van der Waals surface area (Å²) >= 11 is 1.24. The zero-order chi connectivity index (χ0) is 13.3. The predicted octanol–water partition coefficient (Wildman–Crippen LogP) is 1.00. The van der Waals surface area contributed by atoms with E-state index < -0.39 is 10.0 Å². The molecule has 0 aromatic carbocycles. The number of morpholine rings is 1. The Balaban J connectivity index is 2.29. The summed E-state index contributed by atoms with van der Waals surface area (Å²) in [4.78, 5) is 0.877. The van der Waals surface area contributed by atoms with Gasteiger partial charge in [0.25, 0.3) is 10.0 Å². The third kappa shape index (κ3) is 2.60. The molecule has 1 fully saturated rings. The number of ether oxygens (including phenoxy) is 1. The van der Waals surface area contributed by atoms with Crippen LogP contribution in [0.1, 0.15) is 18.7 Å². The van der Waals surface area contributed by atoms with Gasteiger partial charge in [0.2, 0.25) is 0 Å². The normalized spacial score (nSPS) is 26.4. The third-order valence-electron chi connectivity index (χ3n) is 2.95. The highest BCUT2D eigenvalue weighted by Crippen LogP contribution is 2.27. The molecule has 1 saturated heterocycles. The van der Waals surface area contributed by atoms with Crippen LogP contribution in [0.4, 0.5) is 0 Å². The van der Waals surface area contributed by atoms with Gasteiger partial charge in [0, 0.05) is 24.0 Å². The van der Waals surface area contributed by atoms with Crippen LogP contribution < -0.4 is 5.73 Å². The van der Waals surface area contributed by atoms with Gasteiger partial charge in [-0.1, -0.05) is 0 Å². The minimum atomic E-state index is -3.42. The minimum absolute atomic E-state index is 0.0649. The monoisotopic (exact) mass is 290 g/mol. The van der Waals surface area contributed by atoms with Gasteiger partial charge in [-0.2, -0.15) is 4.31 Å². The number of sulfonamides is 1. The number of rotatable bonds is 3. The molecule has 1 aromatic heterocycles. The fourth-order valence-electron chi connectivity index (χ4n) is 1.93. The Morgan fingerprint density at radius 3 is 2.83 bits per heavy atom. The topological polar surface area (TPSA) is 72.6 Å². The first-order valence-corrected chi connectivity index (χ1v) is 8.13. The van der Waals surface area contributed by atoms with Gasteiger partial charge < -0.3 is 10.5 Å². The van der Waals surface area contributed by atoms with Crippen molar-refractivity contribution in [3.63, 3.8) is 0 Å². The summed E-state index contributed by atoms with van der Waals surface area (Å²) in [6.45, 7) is 4.96. The molecule has 0 spiro atoms. The van der Waals surface area contributed by atoms with Crippen molar-refractivity contribution in [2.45, 2.75) is 36.7 Å². The van der Waals surface area contributed by atoms with Gasteiger partial charge >= 0.3 is 0 Å². The molecule has 2 atom stereocenters. The molecule has 0 bridgehead atoms. The van der Waals surface area contributed by atoms with E-state index in [1.807, 2.05) is 13.8 Å². The van der Waals surface area contributed by atoms with E-state index in [0.717, 1.165) is 4.88 Å². The van der Waals surface area contributed by atoms with Crippen molar-refractivity contribution in [1.82, 2.24) is 4.31 Å². The summed E-state index contributed by atoms with van der Waals surface area (Å²) in [6, 6.07) is 3.27. The first-order chi connectivity index (χ1) is 8.45. The van der Waals surface area contributed by atoms with Crippen LogP contribution in [0.2, 0.25) is 0 Å². The quantitative estimate of drug-likeness (QED) is 0.901. The van der Waals surface area contributed by atoms with Crippen molar-refractivity contribution < 1.29 is 13.2 Å². The molecular weight excluding hydrogens is 272 g/mol. The third-order valence-corrected chi connectivity index (χ3v) is 6.51. The Labute approximate surface area is 112 Å². The van der Waals surface area contributed by atoms with E-state index in [1.54, 1.807) is 12.1 Å². The highest BCUT2D eigenvalue weighted by molar-refractivity contribution is 7.91. The summed E-state index contributed by atoms with van der Waals surface area (Å²) in [5.74, 6) is 0. The highest BCUT2D eigenvalue weighted by atomic mass is 32.2. The second kappa shape index (κ2) is 5.26. The van der Waals surface area contributed by atoms with Crippen molar-refractivity contribution in [2.24, 2.45) is 5.73 Å². The molecule has 0 aliphatic carbocycles. The average molecular weight is 290 g/mol. The summed E-state index contributed by atoms with van der Waals surface area (Å²) in [7, 11) is -3.42. The van der Waals surface area contributed by atoms with Gasteiger partial charge in [-0.15, -0.1) is 11.3 Å². The zero-order valence-corrected chi connectivity index (χ0v) is 12.1. The van der Waals surface area contributed by atoms with Gasteiger partial charge in [0.1, 0.15) is 4.21 Å². The highest BCUT2D eigenvalue weighted by Gasteiger charge is 2.34. The van der Waals surface area contributed by atoms with Crippen LogP contribution in [-0.2, 0) is 21.3 Å². The molecule has 2 rings (SSSR count). The summed E-state index contributed by atoms with van der Waals surface area (Å²) in [6.07, 6.45) is -0.0649. The van der Waals surface area contributed by atoms with Crippen LogP contribution in [0.5, 0.6) is 0 Å². The standard InChI is InChI=1S/C11H18N2O3S2/c1-8-7-16-9(2)6-13(8)18(14,15)11-4-3-10(5-12)17-11/h3-4,8-9H,5-7,12H2,1-2H3. The summed E-state index contributed by atoms with van der Waals surface area (Å²) < 4.78 is 32.4. The van der Waals surface area contributed by atoms with Gasteiger partial charge in [-0.05, 0) is 26.0 Å². The van der Waals surface area contributed by atoms with Crippen molar-refractivity contribution in [2.75, 3.05) is 13.2 Å². The van der Waals surface area contributed by atoms with Crippen LogP contribution in [-0.4, -0.2) is 38.0 Å². The zero-order valence-electron chi connectivity index (χ0n) is 10.5. The van der Waals surface area contributed by atoms with Gasteiger partial charge in [0.15, 0.2) is 0 Å². The number of hydrogen-bond acceptors (Lipinski definition) is 5. The van der Waals surface area contributed by atoms with Gasteiger partial charge in [-0.3, -0.25) is 0 Å². The van der Waals surface area contributed by atoms with Crippen LogP contribution in [0.3, 0.4) is 0 Å². The molecular formula is C11H18N2O3S2. The maximum absolute atomic E-state index is 12.5. The fourth-order valence-corrected chi connectivity index (χ4v) is 4.99. The number of nitrogens with zero attached hydrogens (tertiary/aromatic N) is 1. The first kappa shape index (κ1) is 14.0. The van der Waals surface area contributed by atoms with Crippen molar-refractivity contribution in [1.29, 1.82) is 0 Å². The molecule has 18 heavy (non-hydrogen) atoms. The average Bonchev–Trinajstić information content (AvgIpc) is 2.81. The lowest BCUT2D eigenvalue weighted by atomic mass is 10.2. The minimum Gasteiger partial charge on any atom is -0.375 e. The molecule has 1 aromatic rings. The van der Waals surface area contributed by atoms with Crippen molar-refractivity contribution >= 4 is 21.4 Å². The predicted molar refractivity (Wildman–Crippen MR) is 71.0 cm³/mol. The van der Waals surface area contributed by atoms with Crippen LogP contribution in [0.15, 0.2) is 16.3 Å². The lowest BCUT2D eigenvalue weighted by Crippen LogP contribution is -2.49. The van der Waals surface area contributed by atoms with E-state index in [-0.39, 0.29) is 12.1 Å². The number of hydrogen-bond donors (Lipinski definition) is 1. The Morgan fingerprint density at radius 2 is 2.22 bits per heavy atom. The molecule has 0 amide bonds.